The smallest absolute Gasteiger partial charge is 0.350 e. The van der Waals surface area contributed by atoms with Crippen molar-refractivity contribution in [1.82, 2.24) is 10.3 Å². The summed E-state index contributed by atoms with van der Waals surface area (Å²) >= 11 is 1.30. The number of hydrogen-bond donors (Lipinski definition) is 1. The van der Waals surface area contributed by atoms with Crippen molar-refractivity contribution in [3.05, 3.63) is 16.6 Å². The molecule has 1 aromatic heterocycles. The van der Waals surface area contributed by atoms with E-state index in [9.17, 15) is 22.4 Å². The first-order valence-electron chi connectivity index (χ1n) is 4.69. The Hall–Kier alpha value is -1.18. The molecule has 0 aliphatic carbocycles. The third-order valence-corrected chi connectivity index (χ3v) is 3.03. The second-order valence-electron chi connectivity index (χ2n) is 3.41. The fourth-order valence-electron chi connectivity index (χ4n) is 1.03. The lowest BCUT2D eigenvalue weighted by atomic mass is 10.2. The van der Waals surface area contributed by atoms with Gasteiger partial charge in [-0.1, -0.05) is 6.92 Å². The van der Waals surface area contributed by atoms with Crippen LogP contribution in [0, 0.1) is 0 Å². The zero-order chi connectivity index (χ0) is 13.1. The average molecular weight is 270 g/mol. The number of amides is 1. The molecule has 0 aliphatic heterocycles. The van der Waals surface area contributed by atoms with E-state index in [-0.39, 0.29) is 12.5 Å². The van der Waals surface area contributed by atoms with Crippen molar-refractivity contribution in [3.63, 3.8) is 0 Å². The molecule has 1 heterocycles. The number of rotatable bonds is 5. The standard InChI is InChI=1S/C9H10F4N2OS/c1-5(6-14-2-3-17-6)4-15-8(16)9(12,13)7(10)11/h2-3,5,7H,4H2,1H3,(H,15,16). The average Bonchev–Trinajstić information content (AvgIpc) is 2.78. The third kappa shape index (κ3) is 3.39. The Labute approximate surface area is 98.9 Å². The van der Waals surface area contributed by atoms with Crippen molar-refractivity contribution in [2.24, 2.45) is 0 Å². The molecule has 8 heteroatoms. The normalized spacial score (nSPS) is 13.8. The van der Waals surface area contributed by atoms with E-state index in [1.54, 1.807) is 17.6 Å². The van der Waals surface area contributed by atoms with Gasteiger partial charge in [0.15, 0.2) is 0 Å². The zero-order valence-electron chi connectivity index (χ0n) is 8.79. The van der Waals surface area contributed by atoms with E-state index in [2.05, 4.69) is 4.98 Å². The second kappa shape index (κ2) is 5.44. The van der Waals surface area contributed by atoms with Gasteiger partial charge in [-0.2, -0.15) is 8.78 Å². The Bertz CT molecular complexity index is 369. The number of carbonyl (C=O) groups excluding carboxylic acids is 1. The van der Waals surface area contributed by atoms with Crippen LogP contribution < -0.4 is 5.32 Å². The van der Waals surface area contributed by atoms with E-state index in [0.29, 0.717) is 5.01 Å². The monoisotopic (exact) mass is 270 g/mol. The Morgan fingerprint density at radius 1 is 1.59 bits per heavy atom. The number of aromatic nitrogens is 1. The van der Waals surface area contributed by atoms with Gasteiger partial charge in [-0.15, -0.1) is 11.3 Å². The van der Waals surface area contributed by atoms with E-state index in [1.165, 1.54) is 17.5 Å². The first-order chi connectivity index (χ1) is 7.85. The van der Waals surface area contributed by atoms with Gasteiger partial charge in [0.2, 0.25) is 0 Å². The highest BCUT2D eigenvalue weighted by Crippen LogP contribution is 2.23. The molecule has 1 N–H and O–H groups in total. The van der Waals surface area contributed by atoms with Gasteiger partial charge >= 0.3 is 12.3 Å². The Balaban J connectivity index is 2.49. The van der Waals surface area contributed by atoms with Crippen LogP contribution in [0.3, 0.4) is 0 Å². The molecule has 0 bridgehead atoms. The van der Waals surface area contributed by atoms with Crippen LogP contribution in [0.4, 0.5) is 17.6 Å². The maximum atomic E-state index is 12.6. The summed E-state index contributed by atoms with van der Waals surface area (Å²) in [4.78, 5) is 14.7. The molecule has 0 aliphatic rings. The van der Waals surface area contributed by atoms with E-state index >= 15 is 0 Å². The molecule has 0 fully saturated rings. The highest BCUT2D eigenvalue weighted by atomic mass is 32.1. The number of carbonyl (C=O) groups is 1. The summed E-state index contributed by atoms with van der Waals surface area (Å²) < 4.78 is 48.8. The number of alkyl halides is 4. The second-order valence-corrected chi connectivity index (χ2v) is 4.33. The summed E-state index contributed by atoms with van der Waals surface area (Å²) in [7, 11) is 0. The fraction of sp³-hybridized carbons (Fsp3) is 0.556. The summed E-state index contributed by atoms with van der Waals surface area (Å²) in [6.45, 7) is 1.49. The fourth-order valence-corrected chi connectivity index (χ4v) is 1.73. The van der Waals surface area contributed by atoms with Crippen LogP contribution >= 0.6 is 11.3 Å². The summed E-state index contributed by atoms with van der Waals surface area (Å²) in [5.74, 6) is -6.91. The molecule has 96 valence electrons. The number of nitrogens with zero attached hydrogens (tertiary/aromatic N) is 1. The Morgan fingerprint density at radius 2 is 2.24 bits per heavy atom. The first kappa shape index (κ1) is 13.9. The number of hydrogen-bond acceptors (Lipinski definition) is 3. The van der Waals surface area contributed by atoms with Gasteiger partial charge < -0.3 is 5.32 Å². The molecule has 0 aromatic carbocycles. The quantitative estimate of drug-likeness (QED) is 0.834. The number of thiazole rings is 1. The van der Waals surface area contributed by atoms with Crippen molar-refractivity contribution in [2.75, 3.05) is 6.54 Å². The van der Waals surface area contributed by atoms with Crippen molar-refractivity contribution >= 4 is 17.2 Å². The van der Waals surface area contributed by atoms with Gasteiger partial charge in [0.1, 0.15) is 0 Å². The minimum absolute atomic E-state index is 0.158. The molecule has 0 saturated heterocycles. The SMILES string of the molecule is CC(CNC(=O)C(F)(F)C(F)F)c1nccs1. The van der Waals surface area contributed by atoms with Crippen LogP contribution in [0.2, 0.25) is 0 Å². The van der Waals surface area contributed by atoms with Crippen LogP contribution in [0.15, 0.2) is 11.6 Å². The van der Waals surface area contributed by atoms with Crippen LogP contribution in [-0.4, -0.2) is 29.8 Å². The van der Waals surface area contributed by atoms with Crippen LogP contribution in [-0.2, 0) is 4.79 Å². The molecule has 1 rings (SSSR count). The minimum atomic E-state index is -4.65. The van der Waals surface area contributed by atoms with Gasteiger partial charge in [-0.25, -0.2) is 13.8 Å². The van der Waals surface area contributed by atoms with E-state index < -0.39 is 18.3 Å². The summed E-state index contributed by atoms with van der Waals surface area (Å²) in [6, 6.07) is 0. The molecule has 0 spiro atoms. The molecule has 3 nitrogen and oxygen atoms in total. The van der Waals surface area contributed by atoms with Crippen LogP contribution in [0.5, 0.6) is 0 Å². The lowest BCUT2D eigenvalue weighted by Crippen LogP contribution is -2.46. The highest BCUT2D eigenvalue weighted by molar-refractivity contribution is 7.09. The lowest BCUT2D eigenvalue weighted by molar-refractivity contribution is -0.169. The number of nitrogens with one attached hydrogen (secondary N) is 1. The zero-order valence-corrected chi connectivity index (χ0v) is 9.61. The van der Waals surface area contributed by atoms with Gasteiger partial charge in [0.05, 0.1) is 5.01 Å². The van der Waals surface area contributed by atoms with Gasteiger partial charge in [-0.3, -0.25) is 4.79 Å². The summed E-state index contributed by atoms with van der Waals surface area (Å²) in [5, 5.41) is 4.13. The Morgan fingerprint density at radius 3 is 2.71 bits per heavy atom. The lowest BCUT2D eigenvalue weighted by Gasteiger charge is -2.16. The minimum Gasteiger partial charge on any atom is -0.350 e. The van der Waals surface area contributed by atoms with Crippen molar-refractivity contribution in [1.29, 1.82) is 0 Å². The van der Waals surface area contributed by atoms with Crippen molar-refractivity contribution in [2.45, 2.75) is 25.2 Å². The van der Waals surface area contributed by atoms with Gasteiger partial charge in [0, 0.05) is 24.0 Å². The summed E-state index contributed by atoms with van der Waals surface area (Å²) in [6.07, 6.45) is -2.47. The maximum absolute atomic E-state index is 12.6. The molecule has 1 unspecified atom stereocenters. The van der Waals surface area contributed by atoms with Crippen LogP contribution in [0.25, 0.3) is 0 Å². The highest BCUT2D eigenvalue weighted by Gasteiger charge is 2.48. The molecule has 1 atom stereocenters. The van der Waals surface area contributed by atoms with Gasteiger partial charge in [0.25, 0.3) is 5.91 Å². The Kier molecular flexibility index (Phi) is 4.44. The molecule has 1 amide bonds. The van der Waals surface area contributed by atoms with Crippen molar-refractivity contribution < 1.29 is 22.4 Å². The van der Waals surface area contributed by atoms with Crippen LogP contribution in [0.1, 0.15) is 17.8 Å². The van der Waals surface area contributed by atoms with Crippen molar-refractivity contribution in [3.8, 4) is 0 Å². The molecule has 17 heavy (non-hydrogen) atoms. The predicted molar refractivity (Wildman–Crippen MR) is 54.5 cm³/mol. The number of halogens is 4. The molecule has 1 aromatic rings. The maximum Gasteiger partial charge on any atom is 0.383 e. The molecule has 0 saturated carbocycles. The molecule has 0 radical (unpaired) electrons. The van der Waals surface area contributed by atoms with E-state index in [4.69, 9.17) is 0 Å². The van der Waals surface area contributed by atoms with E-state index in [1.807, 2.05) is 0 Å². The first-order valence-corrected chi connectivity index (χ1v) is 5.57. The largest absolute Gasteiger partial charge is 0.383 e. The van der Waals surface area contributed by atoms with Gasteiger partial charge in [-0.05, 0) is 0 Å². The summed E-state index contributed by atoms with van der Waals surface area (Å²) in [5.41, 5.74) is 0. The van der Waals surface area contributed by atoms with E-state index in [0.717, 1.165) is 0 Å². The molecular formula is C9H10F4N2OS. The molecular weight excluding hydrogens is 260 g/mol. The topological polar surface area (TPSA) is 42.0 Å². The third-order valence-electron chi connectivity index (χ3n) is 2.02. The predicted octanol–water partition coefficient (Wildman–Crippen LogP) is 2.26.